The molecule has 0 saturated carbocycles. The van der Waals surface area contributed by atoms with E-state index >= 15 is 14.4 Å². The van der Waals surface area contributed by atoms with Gasteiger partial charge in [0.1, 0.15) is 90.6 Å². The molecule has 0 spiro atoms. The van der Waals surface area contributed by atoms with Crippen LogP contribution in [0, 0.1) is 0 Å². The molecule has 31 N–H and O–H groups in total. The highest BCUT2D eigenvalue weighted by Gasteiger charge is 2.41. The Labute approximate surface area is 823 Å². The number of aliphatic hydroxyl groups is 4. The van der Waals surface area contributed by atoms with Crippen molar-refractivity contribution in [2.75, 3.05) is 56.2 Å². The van der Waals surface area contributed by atoms with Crippen LogP contribution in [0.5, 0.6) is 0 Å². The molecule has 5 aromatic carbocycles. The number of rotatable bonds is 61. The molecule has 1 aromatic heterocycles. The van der Waals surface area contributed by atoms with E-state index < -0.39 is 247 Å². The maximum Gasteiger partial charge on any atom is 0.327 e. The Bertz CT molecular complexity index is 5260. The number of aliphatic carboxylic acids is 1. The van der Waals surface area contributed by atoms with E-state index in [-0.39, 0.29) is 100 Å². The van der Waals surface area contributed by atoms with Crippen LogP contribution >= 0.6 is 25.3 Å². The zero-order valence-electron chi connectivity index (χ0n) is 78.4. The van der Waals surface area contributed by atoms with Crippen molar-refractivity contribution < 1.29 is 117 Å². The smallest absolute Gasteiger partial charge is 0.327 e. The standard InChI is InChI=1S/C93H128N22O24S2/c1-49(102-74(122)44-99-73(121)42-96)80(125)100-45-75(123)103-70(47-140)89(134)105-62(33-19-21-35-94)82(127)106-64(41-72(97)120)79(124)59-30-16-18-32-61(59)101-50(2)81(126)107-65(37-54-23-9-6-10-24-54)84(129)108-68(40-57-43-98-60-31-17-15-29-58(57)60)85(130)104-63(34-20-22-36-95)83(128)113-76(51(3)117)90(135)109-66(38-55-25-11-7-12-26-55)86(131)114-77(52(4)118)91(136)110-67(39-56-27-13-8-14-28-56)87(132)115-78(53(5)119)92(137)111-69(46-116)88(133)112-71(48-141)93(138)139/h6-18,23-32,43,49-53,62-71,76-78,98,101,116-119,140-141H,19-22,33-42,44-48,94-96H2,1-5H3,(H2,97,120)(H,99,121)(H,100,125)(H,102,122)(H,103,123)(H,104,130)(H,105,134)(H,106,127)(H,107,126)(H,108,129)(H,109,135)(H,110,136)(H,111,137)(H,112,133)(H,113,128)(H,114,131)(H,115,132)(H,138,139). The summed E-state index contributed by atoms with van der Waals surface area (Å²) in [6.07, 6.45) is -4.99. The fraction of sp³-hybridized carbons (Fsp3) is 0.452. The fourth-order valence-corrected chi connectivity index (χ4v) is 14.8. The number of para-hydroxylation sites is 2. The highest BCUT2D eigenvalue weighted by molar-refractivity contribution is 7.80. The maximum absolute atomic E-state index is 15.4. The number of Topliss-reactive ketones (excluding diaryl/α,β-unsaturated/α-hetero) is 1. The van der Waals surface area contributed by atoms with Gasteiger partial charge in [0.05, 0.1) is 51.0 Å². The van der Waals surface area contributed by atoms with E-state index in [1.54, 1.807) is 121 Å². The molecule has 766 valence electrons. The van der Waals surface area contributed by atoms with Gasteiger partial charge in [-0.2, -0.15) is 25.3 Å². The van der Waals surface area contributed by atoms with Crippen LogP contribution in [-0.4, -0.2) is 302 Å². The number of carbonyl (C=O) groups is 19. The second kappa shape index (κ2) is 59.4. The predicted octanol–water partition coefficient (Wildman–Crippen LogP) is -6.67. The first-order chi connectivity index (χ1) is 67.1. The molecule has 1 heterocycles. The monoisotopic (exact) mass is 2000 g/mol. The minimum Gasteiger partial charge on any atom is -0.480 e. The van der Waals surface area contributed by atoms with E-state index in [4.69, 9.17) is 22.9 Å². The van der Waals surface area contributed by atoms with Gasteiger partial charge >= 0.3 is 5.97 Å². The maximum atomic E-state index is 15.4. The summed E-state index contributed by atoms with van der Waals surface area (Å²) in [7, 11) is 0. The van der Waals surface area contributed by atoms with Gasteiger partial charge in [-0.05, 0) is 127 Å². The molecular formula is C93H128N22O24S2. The van der Waals surface area contributed by atoms with Gasteiger partial charge in [-0.25, -0.2) is 4.79 Å². The number of amides is 17. The van der Waals surface area contributed by atoms with E-state index in [2.05, 4.69) is 121 Å². The SMILES string of the molecule is CC(NC(=O)CNC(=O)CN)C(=O)NCC(=O)NC(CS)C(=O)NC(CCCCN)C(=O)NC(CC(N)=O)C(=O)c1ccccc1NC(C)C(=O)NC(Cc1ccccc1)C(=O)NC(Cc1c[nH]c2ccccc12)C(=O)NC(CCCCN)C(=O)NC(C(=O)NC(Cc1ccccc1)C(=O)NC(C(=O)NC(Cc1ccccc1)C(=O)NC(C(=O)NC(CO)C(=O)NC(CS)C(=O)O)C(C)O)C(C)O)C(C)O. The van der Waals surface area contributed by atoms with Crippen molar-refractivity contribution in [3.05, 3.63) is 174 Å². The number of anilines is 1. The summed E-state index contributed by atoms with van der Waals surface area (Å²) in [6.45, 7) is 3.66. The topological polar surface area (TPSA) is 750 Å². The zero-order valence-corrected chi connectivity index (χ0v) is 80.2. The van der Waals surface area contributed by atoms with Gasteiger partial charge in [0.15, 0.2) is 5.78 Å². The molecule has 6 rings (SSSR count). The van der Waals surface area contributed by atoms with Crippen molar-refractivity contribution in [2.24, 2.45) is 22.9 Å². The molecule has 48 heteroatoms. The number of aromatic amines is 1. The Balaban J connectivity index is 1.23. The summed E-state index contributed by atoms with van der Waals surface area (Å²) in [5.41, 5.74) is 24.9. The molecule has 17 amide bonds. The number of aliphatic hydroxyl groups excluding tert-OH is 4. The quantitative estimate of drug-likeness (QED) is 0.00959. The average Bonchev–Trinajstić information content (AvgIpc) is 1.66. The van der Waals surface area contributed by atoms with Crippen molar-refractivity contribution >= 4 is 154 Å². The van der Waals surface area contributed by atoms with E-state index in [9.17, 15) is 102 Å². The summed E-state index contributed by atoms with van der Waals surface area (Å²) in [5, 5.41) is 95.8. The van der Waals surface area contributed by atoms with Gasteiger partial charge in [-0.3, -0.25) is 86.3 Å². The molecule has 6 aromatic rings. The molecule has 0 aliphatic heterocycles. The van der Waals surface area contributed by atoms with Crippen LogP contribution in [0.3, 0.4) is 0 Å². The van der Waals surface area contributed by atoms with Gasteiger partial charge < -0.3 is 144 Å². The predicted molar refractivity (Wildman–Crippen MR) is 521 cm³/mol. The van der Waals surface area contributed by atoms with E-state index in [0.717, 1.165) is 20.8 Å². The van der Waals surface area contributed by atoms with Gasteiger partial charge in [-0.15, -0.1) is 0 Å². The van der Waals surface area contributed by atoms with Crippen LogP contribution in [0.15, 0.2) is 146 Å². The van der Waals surface area contributed by atoms with Crippen LogP contribution < -0.4 is 113 Å². The van der Waals surface area contributed by atoms with E-state index in [1.165, 1.54) is 38.1 Å². The third-order valence-electron chi connectivity index (χ3n) is 22.1. The Kier molecular flexibility index (Phi) is 48.8. The number of nitrogens with two attached hydrogens (primary N) is 4. The van der Waals surface area contributed by atoms with Crippen LogP contribution in [0.1, 0.15) is 112 Å². The molecule has 0 radical (unpaired) electrons. The van der Waals surface area contributed by atoms with Crippen LogP contribution in [0.2, 0.25) is 0 Å². The number of unbranched alkanes of at least 4 members (excludes halogenated alkanes) is 2. The Hall–Kier alpha value is -14.0. The average molecular weight is 2000 g/mol. The van der Waals surface area contributed by atoms with Crippen molar-refractivity contribution in [2.45, 2.75) is 214 Å². The number of carbonyl (C=O) groups excluding carboxylic acids is 18. The molecule has 0 saturated heterocycles. The summed E-state index contributed by atoms with van der Waals surface area (Å²) < 4.78 is 0. The number of ketones is 1. The Morgan fingerprint density at radius 1 is 0.362 bits per heavy atom. The van der Waals surface area contributed by atoms with Gasteiger partial charge in [-0.1, -0.05) is 121 Å². The summed E-state index contributed by atoms with van der Waals surface area (Å²) in [4.78, 5) is 266. The number of hydrogen-bond donors (Lipinski definition) is 29. The van der Waals surface area contributed by atoms with E-state index in [0.29, 0.717) is 39.6 Å². The van der Waals surface area contributed by atoms with Crippen LogP contribution in [-0.2, 0) is 112 Å². The van der Waals surface area contributed by atoms with Gasteiger partial charge in [0.25, 0.3) is 0 Å². The second-order valence-electron chi connectivity index (χ2n) is 33.4. The van der Waals surface area contributed by atoms with Gasteiger partial charge in [0, 0.05) is 65.5 Å². The molecule has 46 nitrogen and oxygen atoms in total. The lowest BCUT2D eigenvalue weighted by molar-refractivity contribution is -0.142. The zero-order chi connectivity index (χ0) is 104. The number of carboxylic acid groups (broad SMARTS) is 1. The van der Waals surface area contributed by atoms with Gasteiger partial charge in [0.2, 0.25) is 100 Å². The molecule has 141 heavy (non-hydrogen) atoms. The first-order valence-electron chi connectivity index (χ1n) is 45.5. The van der Waals surface area contributed by atoms with E-state index in [1.807, 2.05) is 0 Å². The van der Waals surface area contributed by atoms with Crippen molar-refractivity contribution in [3.63, 3.8) is 0 Å². The summed E-state index contributed by atoms with van der Waals surface area (Å²) in [6, 6.07) is 12.5. The van der Waals surface area contributed by atoms with Crippen LogP contribution in [0.25, 0.3) is 10.9 Å². The number of benzene rings is 5. The second-order valence-corrected chi connectivity index (χ2v) is 34.1. The van der Waals surface area contributed by atoms with Crippen molar-refractivity contribution in [1.29, 1.82) is 0 Å². The lowest BCUT2D eigenvalue weighted by atomic mass is 9.98. The molecule has 18 unspecified atom stereocenters. The minimum atomic E-state index is -1.97. The number of fused-ring (bicyclic) bond motifs is 1. The molecule has 0 bridgehead atoms. The Morgan fingerprint density at radius 2 is 0.730 bits per heavy atom. The number of thiol groups is 2. The van der Waals surface area contributed by atoms with Crippen LogP contribution in [0.4, 0.5) is 5.69 Å². The molecule has 0 fully saturated rings. The third-order valence-corrected chi connectivity index (χ3v) is 22.8. The highest BCUT2D eigenvalue weighted by Crippen LogP contribution is 2.23. The lowest BCUT2D eigenvalue weighted by Gasteiger charge is -2.30. The minimum absolute atomic E-state index is 0.0324. The largest absolute Gasteiger partial charge is 0.480 e. The number of nitrogens with one attached hydrogen (secondary N) is 18. The number of H-pyrrole nitrogens is 1. The normalized spacial score (nSPS) is 14.9. The third kappa shape index (κ3) is 38.3. The summed E-state index contributed by atoms with van der Waals surface area (Å²) >= 11 is 8.10. The lowest BCUT2D eigenvalue weighted by Crippen LogP contribution is -2.64. The number of aromatic nitrogens is 1. The molecular weight excluding hydrogens is 1870 g/mol. The number of carboxylic acids is 1. The molecule has 0 aliphatic rings. The van der Waals surface area contributed by atoms with Crippen molar-refractivity contribution in [3.8, 4) is 0 Å². The number of primary amides is 1. The fourth-order valence-electron chi connectivity index (χ4n) is 14.3. The number of hydrogen-bond acceptors (Lipinski definition) is 29. The summed E-state index contributed by atoms with van der Waals surface area (Å²) in [5.74, 6) is -20.1. The molecule has 18 atom stereocenters. The first kappa shape index (κ1) is 116. The Morgan fingerprint density at radius 3 is 1.18 bits per heavy atom. The molecule has 0 aliphatic carbocycles. The van der Waals surface area contributed by atoms with Crippen molar-refractivity contribution in [1.82, 2.24) is 90.1 Å². The highest BCUT2D eigenvalue weighted by atomic mass is 32.1. The first-order valence-corrected chi connectivity index (χ1v) is 46.7.